The molecule has 0 fully saturated rings. The zero-order valence-corrected chi connectivity index (χ0v) is 11.5. The molecule has 0 amide bonds. The molecule has 0 radical (unpaired) electrons. The van der Waals surface area contributed by atoms with E-state index >= 15 is 0 Å². The van der Waals surface area contributed by atoms with Crippen molar-refractivity contribution in [1.82, 2.24) is 15.0 Å². The van der Waals surface area contributed by atoms with Crippen molar-refractivity contribution in [2.45, 2.75) is 13.8 Å². The third-order valence-electron chi connectivity index (χ3n) is 2.70. The minimum atomic E-state index is 0.425. The summed E-state index contributed by atoms with van der Waals surface area (Å²) in [6.45, 7) is 3.90. The fourth-order valence-electron chi connectivity index (χ4n) is 1.82. The summed E-state index contributed by atoms with van der Waals surface area (Å²) >= 11 is 7.64. The van der Waals surface area contributed by atoms with Crippen molar-refractivity contribution in [2.24, 2.45) is 0 Å². The van der Waals surface area contributed by atoms with Gasteiger partial charge in [0.25, 0.3) is 0 Å². The number of rotatable bonds is 1. The van der Waals surface area contributed by atoms with Gasteiger partial charge in [0.2, 0.25) is 0 Å². The Bertz CT molecular complexity index is 736. The van der Waals surface area contributed by atoms with Crippen molar-refractivity contribution < 1.29 is 0 Å². The maximum Gasteiger partial charge on any atom is 0.159 e. The number of hydrogen-bond acceptors (Lipinski definition) is 4. The molecule has 5 heteroatoms. The lowest BCUT2D eigenvalue weighted by molar-refractivity contribution is 1.09. The normalized spacial score (nSPS) is 11.1. The fourth-order valence-corrected chi connectivity index (χ4v) is 3.20. The van der Waals surface area contributed by atoms with Crippen LogP contribution >= 0.6 is 22.9 Å². The standard InChI is InChI=1S/C13H10ClN3S/c1-7-5-3-4-6-9(7)12-17-10-11(14)15-8(2)16-13(10)18-12/h3-6H,1-2H3. The summed E-state index contributed by atoms with van der Waals surface area (Å²) < 4.78 is 0. The zero-order valence-electron chi connectivity index (χ0n) is 9.94. The molecule has 0 unspecified atom stereocenters. The maximum absolute atomic E-state index is 6.10. The van der Waals surface area contributed by atoms with E-state index in [0.29, 0.717) is 16.5 Å². The summed E-state index contributed by atoms with van der Waals surface area (Å²) in [4.78, 5) is 13.9. The molecule has 3 aromatic rings. The minimum absolute atomic E-state index is 0.425. The van der Waals surface area contributed by atoms with Gasteiger partial charge in [-0.2, -0.15) is 0 Å². The Morgan fingerprint density at radius 1 is 1.06 bits per heavy atom. The summed E-state index contributed by atoms with van der Waals surface area (Å²) in [5.74, 6) is 0.674. The Hall–Kier alpha value is -1.52. The second kappa shape index (κ2) is 4.30. The van der Waals surface area contributed by atoms with Crippen LogP contribution in [0.1, 0.15) is 11.4 Å². The highest BCUT2D eigenvalue weighted by Gasteiger charge is 2.12. The molecule has 0 aliphatic heterocycles. The van der Waals surface area contributed by atoms with Crippen LogP contribution in [0.5, 0.6) is 0 Å². The van der Waals surface area contributed by atoms with E-state index in [9.17, 15) is 0 Å². The SMILES string of the molecule is Cc1nc(Cl)c2nc(-c3ccccc3C)sc2n1. The lowest BCUT2D eigenvalue weighted by atomic mass is 10.1. The molecule has 3 nitrogen and oxygen atoms in total. The highest BCUT2D eigenvalue weighted by Crippen LogP contribution is 2.33. The molecular weight excluding hydrogens is 266 g/mol. The number of aromatic nitrogens is 3. The van der Waals surface area contributed by atoms with Gasteiger partial charge in [-0.05, 0) is 19.4 Å². The Morgan fingerprint density at radius 3 is 2.61 bits per heavy atom. The number of aryl methyl sites for hydroxylation is 2. The van der Waals surface area contributed by atoms with Crippen LogP contribution in [-0.4, -0.2) is 15.0 Å². The molecule has 1 aromatic carbocycles. The van der Waals surface area contributed by atoms with Crippen molar-refractivity contribution in [1.29, 1.82) is 0 Å². The maximum atomic E-state index is 6.10. The molecule has 18 heavy (non-hydrogen) atoms. The van der Waals surface area contributed by atoms with E-state index in [0.717, 1.165) is 15.4 Å². The summed E-state index contributed by atoms with van der Waals surface area (Å²) in [6, 6.07) is 8.15. The largest absolute Gasteiger partial charge is 0.231 e. The van der Waals surface area contributed by atoms with Gasteiger partial charge in [-0.1, -0.05) is 47.2 Å². The molecule has 0 aliphatic rings. The quantitative estimate of drug-likeness (QED) is 0.630. The van der Waals surface area contributed by atoms with Gasteiger partial charge in [-0.15, -0.1) is 0 Å². The Labute approximate surface area is 114 Å². The zero-order chi connectivity index (χ0) is 12.7. The Balaban J connectivity index is 2.26. The first-order valence-electron chi connectivity index (χ1n) is 5.52. The molecule has 0 bridgehead atoms. The van der Waals surface area contributed by atoms with E-state index in [1.807, 2.05) is 19.1 Å². The Kier molecular flexibility index (Phi) is 2.76. The van der Waals surface area contributed by atoms with Gasteiger partial charge in [0, 0.05) is 5.56 Å². The van der Waals surface area contributed by atoms with Crippen LogP contribution in [0.4, 0.5) is 0 Å². The third-order valence-corrected chi connectivity index (χ3v) is 3.95. The van der Waals surface area contributed by atoms with Crippen LogP contribution in [0.3, 0.4) is 0 Å². The molecule has 0 N–H and O–H groups in total. The average molecular weight is 276 g/mol. The molecule has 0 atom stereocenters. The molecule has 2 heterocycles. The minimum Gasteiger partial charge on any atom is -0.231 e. The number of thiazole rings is 1. The van der Waals surface area contributed by atoms with Crippen LogP contribution < -0.4 is 0 Å². The van der Waals surface area contributed by atoms with Crippen molar-refractivity contribution in [3.05, 3.63) is 40.8 Å². The van der Waals surface area contributed by atoms with Crippen LogP contribution in [0.15, 0.2) is 24.3 Å². The summed E-state index contributed by atoms with van der Waals surface area (Å²) in [7, 11) is 0. The van der Waals surface area contributed by atoms with Crippen molar-refractivity contribution >= 4 is 33.3 Å². The van der Waals surface area contributed by atoms with Gasteiger partial charge in [-0.3, -0.25) is 0 Å². The number of halogens is 1. The van der Waals surface area contributed by atoms with Gasteiger partial charge < -0.3 is 0 Å². The van der Waals surface area contributed by atoms with E-state index in [1.54, 1.807) is 11.3 Å². The first-order valence-corrected chi connectivity index (χ1v) is 6.71. The lowest BCUT2D eigenvalue weighted by Crippen LogP contribution is -1.87. The van der Waals surface area contributed by atoms with Crippen LogP contribution in [-0.2, 0) is 0 Å². The average Bonchev–Trinajstić information content (AvgIpc) is 2.73. The van der Waals surface area contributed by atoms with E-state index in [4.69, 9.17) is 11.6 Å². The monoisotopic (exact) mass is 275 g/mol. The molecule has 0 saturated heterocycles. The first kappa shape index (κ1) is 11.6. The number of benzene rings is 1. The van der Waals surface area contributed by atoms with Gasteiger partial charge in [-0.25, -0.2) is 15.0 Å². The molecule has 90 valence electrons. The molecule has 0 spiro atoms. The van der Waals surface area contributed by atoms with Crippen LogP contribution in [0.2, 0.25) is 5.15 Å². The molecule has 3 rings (SSSR count). The molecular formula is C13H10ClN3S. The summed E-state index contributed by atoms with van der Waals surface area (Å²) in [5.41, 5.74) is 3.00. The summed E-state index contributed by atoms with van der Waals surface area (Å²) in [6.07, 6.45) is 0. The second-order valence-electron chi connectivity index (χ2n) is 4.05. The van der Waals surface area contributed by atoms with E-state index < -0.39 is 0 Å². The van der Waals surface area contributed by atoms with Crippen molar-refractivity contribution in [2.75, 3.05) is 0 Å². The highest BCUT2D eigenvalue weighted by molar-refractivity contribution is 7.21. The molecule has 2 aromatic heterocycles. The lowest BCUT2D eigenvalue weighted by Gasteiger charge is -1.99. The molecule has 0 saturated carbocycles. The van der Waals surface area contributed by atoms with Gasteiger partial charge >= 0.3 is 0 Å². The summed E-state index contributed by atoms with van der Waals surface area (Å²) in [5, 5.41) is 1.36. The predicted molar refractivity (Wildman–Crippen MR) is 75.1 cm³/mol. The van der Waals surface area contributed by atoms with Gasteiger partial charge in [0.1, 0.15) is 21.2 Å². The molecule has 0 aliphatic carbocycles. The topological polar surface area (TPSA) is 38.7 Å². The number of fused-ring (bicyclic) bond motifs is 1. The highest BCUT2D eigenvalue weighted by atomic mass is 35.5. The van der Waals surface area contributed by atoms with E-state index in [-0.39, 0.29) is 0 Å². The smallest absolute Gasteiger partial charge is 0.159 e. The van der Waals surface area contributed by atoms with Gasteiger partial charge in [0.05, 0.1) is 0 Å². The van der Waals surface area contributed by atoms with Crippen molar-refractivity contribution in [3.8, 4) is 10.6 Å². The van der Waals surface area contributed by atoms with Crippen molar-refractivity contribution in [3.63, 3.8) is 0 Å². The van der Waals surface area contributed by atoms with Crippen LogP contribution in [0, 0.1) is 13.8 Å². The second-order valence-corrected chi connectivity index (χ2v) is 5.38. The van der Waals surface area contributed by atoms with Crippen LogP contribution in [0.25, 0.3) is 20.9 Å². The predicted octanol–water partition coefficient (Wildman–Crippen LogP) is 4.02. The van der Waals surface area contributed by atoms with E-state index in [1.165, 1.54) is 5.56 Å². The first-order chi connectivity index (χ1) is 8.65. The Morgan fingerprint density at radius 2 is 1.83 bits per heavy atom. The fraction of sp³-hybridized carbons (Fsp3) is 0.154. The third kappa shape index (κ3) is 1.87. The number of nitrogens with zero attached hydrogens (tertiary/aromatic N) is 3. The van der Waals surface area contributed by atoms with E-state index in [2.05, 4.69) is 34.0 Å². The number of hydrogen-bond donors (Lipinski definition) is 0. The van der Waals surface area contributed by atoms with Gasteiger partial charge in [0.15, 0.2) is 5.15 Å².